The van der Waals surface area contributed by atoms with Crippen molar-refractivity contribution < 1.29 is 19.0 Å². The van der Waals surface area contributed by atoms with Gasteiger partial charge < -0.3 is 29.7 Å². The van der Waals surface area contributed by atoms with E-state index in [1.807, 2.05) is 80.6 Å². The van der Waals surface area contributed by atoms with Crippen LogP contribution in [0.5, 0.6) is 0 Å². The molecule has 11 heteroatoms. The lowest BCUT2D eigenvalue weighted by atomic mass is 9.82. The third-order valence-corrected chi connectivity index (χ3v) is 8.93. The summed E-state index contributed by atoms with van der Waals surface area (Å²) in [5.41, 5.74) is 7.98. The number of rotatable bonds is 6. The van der Waals surface area contributed by atoms with Crippen LogP contribution in [-0.2, 0) is 14.2 Å². The van der Waals surface area contributed by atoms with E-state index in [4.69, 9.17) is 19.9 Å². The standard InChI is InChI=1S/C34H33N7O4/c1-33(2)43-26-28(44-33)34(27(42)22-12-6-3-7-13-22,45-31(26)41-21-38-25-29(35)36-20-37-30(25)41)32-39(23-14-8-4-9-15-23)18-19-40(32)24-16-10-5-11-17-24/h3-17,20-21,26,28,31-32H,18-19H2,1-2H3,(H2,35,36,37)/t26-,28+,31-,34+/m1/s1. The van der Waals surface area contributed by atoms with E-state index >= 15 is 4.79 Å². The molecule has 3 saturated heterocycles. The molecule has 3 aromatic carbocycles. The normalized spacial score (nSPS) is 26.0. The minimum absolute atomic E-state index is 0.200. The Balaban J connectivity index is 1.38. The van der Waals surface area contributed by atoms with Gasteiger partial charge in [-0.25, -0.2) is 15.0 Å². The number of fused-ring (bicyclic) bond motifs is 2. The minimum Gasteiger partial charge on any atom is -0.382 e. The first kappa shape index (κ1) is 27.7. The van der Waals surface area contributed by atoms with Gasteiger partial charge in [-0.2, -0.15) is 0 Å². The number of hydrogen-bond donors (Lipinski definition) is 1. The summed E-state index contributed by atoms with van der Waals surface area (Å²) in [6, 6.07) is 29.5. The van der Waals surface area contributed by atoms with Crippen LogP contribution in [0.4, 0.5) is 17.2 Å². The number of carbonyl (C=O) groups excluding carboxylic acids is 1. The molecule has 0 saturated carbocycles. The second-order valence-electron chi connectivity index (χ2n) is 12.0. The highest BCUT2D eigenvalue weighted by Crippen LogP contribution is 2.54. The predicted molar refractivity (Wildman–Crippen MR) is 169 cm³/mol. The lowest BCUT2D eigenvalue weighted by molar-refractivity contribution is -0.212. The first-order chi connectivity index (χ1) is 21.9. The number of hydrogen-bond acceptors (Lipinski definition) is 10. The summed E-state index contributed by atoms with van der Waals surface area (Å²) >= 11 is 0. The number of ketones is 1. The molecule has 11 nitrogen and oxygen atoms in total. The van der Waals surface area contributed by atoms with Gasteiger partial charge in [0.25, 0.3) is 0 Å². The van der Waals surface area contributed by atoms with E-state index < -0.39 is 36.0 Å². The third kappa shape index (κ3) is 4.30. The maximum absolute atomic E-state index is 15.3. The Bertz CT molecular complexity index is 1800. The van der Waals surface area contributed by atoms with E-state index in [1.165, 1.54) is 6.33 Å². The molecule has 0 amide bonds. The highest BCUT2D eigenvalue weighted by atomic mass is 16.8. The van der Waals surface area contributed by atoms with Crippen LogP contribution >= 0.6 is 0 Å². The van der Waals surface area contributed by atoms with Crippen LogP contribution in [0.2, 0.25) is 0 Å². The number of nitrogen functional groups attached to an aromatic ring is 1. The third-order valence-electron chi connectivity index (χ3n) is 8.93. The number of benzene rings is 3. The van der Waals surface area contributed by atoms with Crippen LogP contribution < -0.4 is 15.5 Å². The van der Waals surface area contributed by atoms with Crippen molar-refractivity contribution in [2.75, 3.05) is 28.6 Å². The van der Waals surface area contributed by atoms with Crippen LogP contribution in [0.15, 0.2) is 104 Å². The summed E-state index contributed by atoms with van der Waals surface area (Å²) in [6.07, 6.45) is 0.0955. The van der Waals surface area contributed by atoms with Gasteiger partial charge in [-0.1, -0.05) is 66.7 Å². The van der Waals surface area contributed by atoms with E-state index in [0.29, 0.717) is 29.8 Å². The lowest BCUT2D eigenvalue weighted by Crippen LogP contribution is -2.66. The lowest BCUT2D eigenvalue weighted by Gasteiger charge is -2.46. The van der Waals surface area contributed by atoms with E-state index in [0.717, 1.165) is 11.4 Å². The van der Waals surface area contributed by atoms with Crippen molar-refractivity contribution in [1.29, 1.82) is 0 Å². The molecule has 0 unspecified atom stereocenters. The largest absolute Gasteiger partial charge is 0.382 e. The smallest absolute Gasteiger partial charge is 0.201 e. The van der Waals surface area contributed by atoms with Crippen LogP contribution in [0.3, 0.4) is 0 Å². The summed E-state index contributed by atoms with van der Waals surface area (Å²) in [4.78, 5) is 32.9. The number of anilines is 3. The molecule has 3 aliphatic heterocycles. The molecule has 45 heavy (non-hydrogen) atoms. The maximum Gasteiger partial charge on any atom is 0.201 e. The Morgan fingerprint density at radius 1 is 0.800 bits per heavy atom. The van der Waals surface area contributed by atoms with Crippen molar-refractivity contribution in [2.45, 2.75) is 49.8 Å². The monoisotopic (exact) mass is 603 g/mol. The van der Waals surface area contributed by atoms with Crippen molar-refractivity contribution in [3.05, 3.63) is 109 Å². The van der Waals surface area contributed by atoms with Crippen molar-refractivity contribution in [1.82, 2.24) is 19.5 Å². The van der Waals surface area contributed by atoms with Gasteiger partial charge >= 0.3 is 0 Å². The number of nitrogens with two attached hydrogens (primary N) is 1. The molecular formula is C34H33N7O4. The molecule has 4 atom stereocenters. The van der Waals surface area contributed by atoms with Gasteiger partial charge in [-0.05, 0) is 38.1 Å². The molecule has 0 bridgehead atoms. The van der Waals surface area contributed by atoms with Crippen LogP contribution in [0.1, 0.15) is 30.4 Å². The second kappa shape index (κ2) is 10.4. The Morgan fingerprint density at radius 2 is 1.40 bits per heavy atom. The molecular weight excluding hydrogens is 570 g/mol. The molecule has 8 rings (SSSR count). The van der Waals surface area contributed by atoms with Crippen LogP contribution in [0.25, 0.3) is 11.2 Å². The molecule has 228 valence electrons. The average molecular weight is 604 g/mol. The van der Waals surface area contributed by atoms with Gasteiger partial charge in [0.15, 0.2) is 23.5 Å². The summed E-state index contributed by atoms with van der Waals surface area (Å²) < 4.78 is 22.4. The molecule has 3 aliphatic rings. The highest BCUT2D eigenvalue weighted by Gasteiger charge is 2.72. The predicted octanol–water partition coefficient (Wildman–Crippen LogP) is 4.43. The Hall–Kier alpha value is -4.84. The molecule has 2 aromatic heterocycles. The number of carbonyl (C=O) groups is 1. The quantitative estimate of drug-likeness (QED) is 0.279. The maximum atomic E-state index is 15.3. The number of Topliss-reactive ketones (excluding diaryl/α,β-unsaturated/α-hetero) is 1. The van der Waals surface area contributed by atoms with Crippen molar-refractivity contribution >= 4 is 34.1 Å². The summed E-state index contributed by atoms with van der Waals surface area (Å²) in [5.74, 6) is -0.947. The van der Waals surface area contributed by atoms with E-state index in [1.54, 1.807) is 10.9 Å². The first-order valence-corrected chi connectivity index (χ1v) is 15.1. The van der Waals surface area contributed by atoms with Crippen molar-refractivity contribution in [2.24, 2.45) is 0 Å². The fourth-order valence-electron chi connectivity index (χ4n) is 7.13. The zero-order chi connectivity index (χ0) is 30.8. The van der Waals surface area contributed by atoms with Gasteiger partial charge in [0, 0.05) is 30.0 Å². The molecule has 0 spiro atoms. The number of imidazole rings is 1. The molecule has 3 fully saturated rings. The fraction of sp³-hybridized carbons (Fsp3) is 0.294. The van der Waals surface area contributed by atoms with E-state index in [9.17, 15) is 0 Å². The molecule has 2 N–H and O–H groups in total. The van der Waals surface area contributed by atoms with E-state index in [2.05, 4.69) is 49.0 Å². The van der Waals surface area contributed by atoms with Crippen LogP contribution in [0, 0.1) is 0 Å². The summed E-state index contributed by atoms with van der Waals surface area (Å²) in [7, 11) is 0. The average Bonchev–Trinajstić information content (AvgIpc) is 3.83. The Morgan fingerprint density at radius 3 is 2.02 bits per heavy atom. The minimum atomic E-state index is -1.57. The topological polar surface area (TPSA) is 121 Å². The highest BCUT2D eigenvalue weighted by molar-refractivity contribution is 6.05. The number of aromatic nitrogens is 4. The van der Waals surface area contributed by atoms with Gasteiger partial charge in [-0.3, -0.25) is 9.36 Å². The van der Waals surface area contributed by atoms with Crippen LogP contribution in [-0.4, -0.2) is 68.2 Å². The molecule has 5 aromatic rings. The Labute approximate surface area is 260 Å². The zero-order valence-corrected chi connectivity index (χ0v) is 24.9. The number of ether oxygens (including phenoxy) is 3. The zero-order valence-electron chi connectivity index (χ0n) is 24.9. The molecule has 0 aliphatic carbocycles. The number of nitrogens with zero attached hydrogens (tertiary/aromatic N) is 6. The fourth-order valence-corrected chi connectivity index (χ4v) is 7.13. The molecule has 0 radical (unpaired) electrons. The summed E-state index contributed by atoms with van der Waals surface area (Å²) in [6.45, 7) is 5.04. The van der Waals surface area contributed by atoms with E-state index in [-0.39, 0.29) is 11.6 Å². The van der Waals surface area contributed by atoms with Gasteiger partial charge in [-0.15, -0.1) is 0 Å². The Kier molecular flexibility index (Phi) is 6.38. The van der Waals surface area contributed by atoms with Gasteiger partial charge in [0.05, 0.1) is 6.33 Å². The van der Waals surface area contributed by atoms with Crippen molar-refractivity contribution in [3.8, 4) is 0 Å². The van der Waals surface area contributed by atoms with Crippen molar-refractivity contribution in [3.63, 3.8) is 0 Å². The molecule has 5 heterocycles. The van der Waals surface area contributed by atoms with Gasteiger partial charge in [0.2, 0.25) is 11.4 Å². The summed E-state index contributed by atoms with van der Waals surface area (Å²) in [5, 5.41) is 0. The number of para-hydroxylation sites is 2. The van der Waals surface area contributed by atoms with Gasteiger partial charge in [0.1, 0.15) is 30.2 Å². The SMILES string of the molecule is CC1(C)O[C@H]2[C@H](n3cnc4c(N)ncnc43)O[C@](C(=O)c3ccccc3)(C3N(c4ccccc4)CCN3c3ccccc3)[C@H]2O1. The first-order valence-electron chi connectivity index (χ1n) is 15.1. The second-order valence-corrected chi connectivity index (χ2v) is 12.0.